The molecule has 2 N–H and O–H groups in total. The van der Waals surface area contributed by atoms with Crippen molar-refractivity contribution < 1.29 is 17.9 Å². The Hall–Kier alpha value is -2.45. The predicted octanol–water partition coefficient (Wildman–Crippen LogP) is 1.07. The molecule has 1 aromatic carbocycles. The van der Waals surface area contributed by atoms with Gasteiger partial charge >= 0.3 is 0 Å². The molecule has 1 aromatic heterocycles. The van der Waals surface area contributed by atoms with Crippen LogP contribution in [0.2, 0.25) is 0 Å². The molecule has 0 bridgehead atoms. The molecule has 0 saturated carbocycles. The normalized spacial score (nSPS) is 12.4. The maximum absolute atomic E-state index is 12.3. The molecule has 7 nitrogen and oxygen atoms in total. The monoisotopic (exact) mass is 349 g/mol. The first-order chi connectivity index (χ1) is 11.4. The Bertz CT molecular complexity index is 777. The van der Waals surface area contributed by atoms with Crippen LogP contribution < -0.4 is 14.8 Å². The van der Waals surface area contributed by atoms with E-state index in [1.807, 2.05) is 0 Å². The summed E-state index contributed by atoms with van der Waals surface area (Å²) in [5, 5.41) is 2.48. The van der Waals surface area contributed by atoms with Crippen LogP contribution in [0.5, 0.6) is 5.75 Å². The molecule has 1 amide bonds. The summed E-state index contributed by atoms with van der Waals surface area (Å²) in [6, 6.07) is 9.36. The summed E-state index contributed by atoms with van der Waals surface area (Å²) < 4.78 is 32.5. The standard InChI is InChI=1S/C16H19N3O4S/c1-12(16(20)17-2)23-14-3-5-15(6-4-14)24(21,22)19-11-13-7-9-18-10-8-13/h3-10,12,19H,11H2,1-2H3,(H,17,20)/t12-/m0/s1. The third kappa shape index (κ3) is 4.77. The van der Waals surface area contributed by atoms with Crippen LogP contribution in [0.4, 0.5) is 0 Å². The molecule has 0 saturated heterocycles. The Morgan fingerprint density at radius 1 is 1.17 bits per heavy atom. The van der Waals surface area contributed by atoms with Gasteiger partial charge in [-0.25, -0.2) is 13.1 Å². The van der Waals surface area contributed by atoms with Gasteiger partial charge < -0.3 is 10.1 Å². The van der Waals surface area contributed by atoms with Crippen molar-refractivity contribution in [2.45, 2.75) is 24.5 Å². The van der Waals surface area contributed by atoms with Crippen molar-refractivity contribution >= 4 is 15.9 Å². The molecule has 128 valence electrons. The van der Waals surface area contributed by atoms with Crippen molar-refractivity contribution in [2.75, 3.05) is 7.05 Å². The number of carbonyl (C=O) groups is 1. The first kappa shape index (κ1) is 17.9. The molecule has 0 fully saturated rings. The lowest BCUT2D eigenvalue weighted by Crippen LogP contribution is -2.33. The van der Waals surface area contributed by atoms with E-state index >= 15 is 0 Å². The zero-order valence-corrected chi connectivity index (χ0v) is 14.2. The van der Waals surface area contributed by atoms with E-state index in [2.05, 4.69) is 15.0 Å². The van der Waals surface area contributed by atoms with Gasteiger partial charge in [0, 0.05) is 26.0 Å². The zero-order chi connectivity index (χ0) is 17.6. The van der Waals surface area contributed by atoms with Crippen molar-refractivity contribution in [1.29, 1.82) is 0 Å². The predicted molar refractivity (Wildman–Crippen MR) is 88.9 cm³/mol. The molecule has 0 aliphatic carbocycles. The molecular weight excluding hydrogens is 330 g/mol. The summed E-state index contributed by atoms with van der Waals surface area (Å²) in [7, 11) is -2.11. The number of benzene rings is 1. The molecule has 2 rings (SSSR count). The topological polar surface area (TPSA) is 97.4 Å². The largest absolute Gasteiger partial charge is 0.481 e. The molecule has 1 atom stereocenters. The first-order valence-corrected chi connectivity index (χ1v) is 8.77. The number of nitrogens with zero attached hydrogens (tertiary/aromatic N) is 1. The minimum absolute atomic E-state index is 0.122. The number of aromatic nitrogens is 1. The second-order valence-electron chi connectivity index (χ2n) is 5.03. The number of rotatable bonds is 7. The number of pyridine rings is 1. The summed E-state index contributed by atoms with van der Waals surface area (Å²) in [4.78, 5) is 15.4. The second kappa shape index (κ2) is 7.89. The fourth-order valence-corrected chi connectivity index (χ4v) is 2.94. The zero-order valence-electron chi connectivity index (χ0n) is 13.4. The number of sulfonamides is 1. The van der Waals surface area contributed by atoms with E-state index in [1.165, 1.54) is 31.3 Å². The fourth-order valence-electron chi connectivity index (χ4n) is 1.92. The molecule has 0 aliphatic rings. The maximum atomic E-state index is 12.3. The Kier molecular flexibility index (Phi) is 5.88. The number of hydrogen-bond acceptors (Lipinski definition) is 5. The van der Waals surface area contributed by atoms with E-state index in [9.17, 15) is 13.2 Å². The summed E-state index contributed by atoms with van der Waals surface area (Å²) in [5.74, 6) is 0.157. The van der Waals surface area contributed by atoms with Gasteiger partial charge in [0.25, 0.3) is 5.91 Å². The van der Waals surface area contributed by atoms with Crippen LogP contribution in [0, 0.1) is 0 Å². The molecule has 0 spiro atoms. The molecule has 8 heteroatoms. The van der Waals surface area contributed by atoms with Crippen LogP contribution in [0.1, 0.15) is 12.5 Å². The van der Waals surface area contributed by atoms with E-state index in [0.717, 1.165) is 5.56 Å². The van der Waals surface area contributed by atoms with Crippen LogP contribution in [0.25, 0.3) is 0 Å². The van der Waals surface area contributed by atoms with E-state index < -0.39 is 16.1 Å². The van der Waals surface area contributed by atoms with Crippen LogP contribution >= 0.6 is 0 Å². The number of hydrogen-bond donors (Lipinski definition) is 2. The number of likely N-dealkylation sites (N-methyl/N-ethyl adjacent to an activating group) is 1. The van der Waals surface area contributed by atoms with Gasteiger partial charge in [0.1, 0.15) is 5.75 Å². The Labute approximate surface area is 141 Å². The average Bonchev–Trinajstić information content (AvgIpc) is 2.60. The summed E-state index contributed by atoms with van der Waals surface area (Å²) in [6.45, 7) is 1.79. The third-order valence-corrected chi connectivity index (χ3v) is 4.70. The van der Waals surface area contributed by atoms with Gasteiger partial charge in [0.2, 0.25) is 10.0 Å². The average molecular weight is 349 g/mol. The minimum Gasteiger partial charge on any atom is -0.481 e. The highest BCUT2D eigenvalue weighted by Crippen LogP contribution is 2.17. The summed E-state index contributed by atoms with van der Waals surface area (Å²) in [6.07, 6.45) is 2.54. The van der Waals surface area contributed by atoms with Gasteiger partial charge in [-0.05, 0) is 48.9 Å². The van der Waals surface area contributed by atoms with Crippen LogP contribution in [0.15, 0.2) is 53.7 Å². The molecule has 24 heavy (non-hydrogen) atoms. The van der Waals surface area contributed by atoms with Crippen LogP contribution in [-0.2, 0) is 21.4 Å². The lowest BCUT2D eigenvalue weighted by atomic mass is 10.3. The van der Waals surface area contributed by atoms with Crippen LogP contribution in [0.3, 0.4) is 0 Å². The van der Waals surface area contributed by atoms with E-state index in [1.54, 1.807) is 31.5 Å². The Balaban J connectivity index is 2.02. The van der Waals surface area contributed by atoms with Crippen molar-refractivity contribution in [3.63, 3.8) is 0 Å². The smallest absolute Gasteiger partial charge is 0.260 e. The second-order valence-corrected chi connectivity index (χ2v) is 6.79. The highest BCUT2D eigenvalue weighted by Gasteiger charge is 2.16. The van der Waals surface area contributed by atoms with Crippen molar-refractivity contribution in [3.05, 3.63) is 54.4 Å². The number of carbonyl (C=O) groups excluding carboxylic acids is 1. The lowest BCUT2D eigenvalue weighted by molar-refractivity contribution is -0.126. The third-order valence-electron chi connectivity index (χ3n) is 3.28. The first-order valence-electron chi connectivity index (χ1n) is 7.29. The molecular formula is C16H19N3O4S. The maximum Gasteiger partial charge on any atom is 0.260 e. The van der Waals surface area contributed by atoms with Gasteiger partial charge in [-0.15, -0.1) is 0 Å². The van der Waals surface area contributed by atoms with Gasteiger partial charge in [-0.1, -0.05) is 0 Å². The number of ether oxygens (including phenoxy) is 1. The van der Waals surface area contributed by atoms with E-state index in [0.29, 0.717) is 5.75 Å². The Morgan fingerprint density at radius 2 is 1.79 bits per heavy atom. The van der Waals surface area contributed by atoms with Crippen LogP contribution in [-0.4, -0.2) is 32.5 Å². The van der Waals surface area contributed by atoms with Crippen molar-refractivity contribution in [3.8, 4) is 5.75 Å². The highest BCUT2D eigenvalue weighted by atomic mass is 32.2. The highest BCUT2D eigenvalue weighted by molar-refractivity contribution is 7.89. The van der Waals surface area contributed by atoms with Gasteiger partial charge in [0.05, 0.1) is 4.90 Å². The molecule has 0 radical (unpaired) electrons. The van der Waals surface area contributed by atoms with Crippen molar-refractivity contribution in [2.24, 2.45) is 0 Å². The summed E-state index contributed by atoms with van der Waals surface area (Å²) >= 11 is 0. The molecule has 1 heterocycles. The molecule has 0 aliphatic heterocycles. The summed E-state index contributed by atoms with van der Waals surface area (Å²) in [5.41, 5.74) is 0.813. The molecule has 0 unspecified atom stereocenters. The fraction of sp³-hybridized carbons (Fsp3) is 0.250. The SMILES string of the molecule is CNC(=O)[C@H](C)Oc1ccc(S(=O)(=O)NCc2ccncc2)cc1. The minimum atomic E-state index is -3.63. The van der Waals surface area contributed by atoms with Gasteiger partial charge in [-0.2, -0.15) is 0 Å². The van der Waals surface area contributed by atoms with Crippen molar-refractivity contribution in [1.82, 2.24) is 15.0 Å². The molecule has 2 aromatic rings. The lowest BCUT2D eigenvalue weighted by Gasteiger charge is -2.13. The van der Waals surface area contributed by atoms with E-state index in [4.69, 9.17) is 4.74 Å². The quantitative estimate of drug-likeness (QED) is 0.779. The van der Waals surface area contributed by atoms with E-state index in [-0.39, 0.29) is 17.3 Å². The van der Waals surface area contributed by atoms with Gasteiger partial charge in [0.15, 0.2) is 6.10 Å². The van der Waals surface area contributed by atoms with Gasteiger partial charge in [-0.3, -0.25) is 9.78 Å². The Morgan fingerprint density at radius 3 is 2.38 bits per heavy atom. The number of amides is 1. The number of nitrogens with one attached hydrogen (secondary N) is 2.